The molecule has 6 rings (SSSR count). The summed E-state index contributed by atoms with van der Waals surface area (Å²) in [7, 11) is 2.13. The molecule has 3 aliphatic rings. The summed E-state index contributed by atoms with van der Waals surface area (Å²) in [6.07, 6.45) is 11.5. The summed E-state index contributed by atoms with van der Waals surface area (Å²) in [5, 5.41) is 4.73. The number of Topliss-reactive ketones (excluding diaryl/α,β-unsaturated/α-hetero) is 1. The molecule has 3 aromatic rings. The molecule has 0 amide bonds. The van der Waals surface area contributed by atoms with Gasteiger partial charge in [-0.2, -0.15) is 4.98 Å². The minimum Gasteiger partial charge on any atom is -0.473 e. The topological polar surface area (TPSA) is 99.2 Å². The van der Waals surface area contributed by atoms with Crippen LogP contribution in [0.1, 0.15) is 69.6 Å². The van der Waals surface area contributed by atoms with Crippen molar-refractivity contribution in [3.8, 4) is 23.2 Å². The molecule has 0 N–H and O–H groups in total. The van der Waals surface area contributed by atoms with Gasteiger partial charge >= 0.3 is 0 Å². The largest absolute Gasteiger partial charge is 0.473 e. The second-order valence-electron chi connectivity index (χ2n) is 10.4. The molecule has 4 heterocycles. The van der Waals surface area contributed by atoms with Gasteiger partial charge in [0.15, 0.2) is 17.3 Å². The Balaban J connectivity index is 1.42. The first-order valence-electron chi connectivity index (χ1n) is 12.9. The molecule has 0 aromatic carbocycles. The molecule has 190 valence electrons. The van der Waals surface area contributed by atoms with Gasteiger partial charge in [-0.25, -0.2) is 9.97 Å². The molecule has 2 aliphatic carbocycles. The number of rotatable bonds is 5. The lowest BCUT2D eigenvalue weighted by molar-refractivity contribution is -0.128. The third-order valence-electron chi connectivity index (χ3n) is 8.21. The fourth-order valence-corrected chi connectivity index (χ4v) is 6.53. The Hall–Kier alpha value is -2.78. The number of carbonyl (C=O) groups is 1. The van der Waals surface area contributed by atoms with Gasteiger partial charge in [0.2, 0.25) is 11.2 Å². The van der Waals surface area contributed by atoms with Crippen molar-refractivity contribution in [3.63, 3.8) is 0 Å². The lowest BCUT2D eigenvalue weighted by Gasteiger charge is -2.36. The summed E-state index contributed by atoms with van der Waals surface area (Å²) in [5.74, 6) is 2.39. The fourth-order valence-electron chi connectivity index (χ4n) is 6.33. The Kier molecular flexibility index (Phi) is 6.08. The van der Waals surface area contributed by atoms with E-state index in [1.54, 1.807) is 23.0 Å². The molecule has 1 saturated carbocycles. The standard InChI is InChI=1S/C26H31ClN6O3/c1-16(18-8-6-13-32(18)2)35-21-15-20(33-14-12-28-25(33)27)29-24(30-21)22-17-7-5-11-26(23(17)36-31-22)10-4-3-9-19(26)34/h12,14-16,18H,3-11,13H2,1-2H3/t16-,18-,26+/m0/s1. The molecule has 1 aliphatic heterocycles. The van der Waals surface area contributed by atoms with Crippen molar-refractivity contribution < 1.29 is 14.1 Å². The van der Waals surface area contributed by atoms with Crippen LogP contribution in [0.2, 0.25) is 5.28 Å². The van der Waals surface area contributed by atoms with Crippen molar-refractivity contribution in [1.29, 1.82) is 0 Å². The highest BCUT2D eigenvalue weighted by molar-refractivity contribution is 6.28. The summed E-state index contributed by atoms with van der Waals surface area (Å²) >= 11 is 6.33. The normalized spacial score (nSPS) is 25.3. The quantitative estimate of drug-likeness (QED) is 0.493. The molecule has 0 radical (unpaired) electrons. The lowest BCUT2D eigenvalue weighted by atomic mass is 9.64. The van der Waals surface area contributed by atoms with Crippen molar-refractivity contribution in [3.05, 3.63) is 35.1 Å². The van der Waals surface area contributed by atoms with Crippen molar-refractivity contribution in [2.45, 2.75) is 82.3 Å². The van der Waals surface area contributed by atoms with Crippen LogP contribution in [0, 0.1) is 0 Å². The summed E-state index contributed by atoms with van der Waals surface area (Å²) in [6, 6.07) is 2.10. The first-order valence-corrected chi connectivity index (χ1v) is 13.3. The molecular formula is C26H31ClN6O3. The van der Waals surface area contributed by atoms with Gasteiger partial charge in [-0.3, -0.25) is 14.3 Å². The first-order chi connectivity index (χ1) is 17.5. The van der Waals surface area contributed by atoms with Gasteiger partial charge in [0.25, 0.3) is 0 Å². The molecule has 1 spiro atoms. The van der Waals surface area contributed by atoms with Gasteiger partial charge in [0.05, 0.1) is 5.41 Å². The number of ketones is 1. The molecular weight excluding hydrogens is 480 g/mol. The maximum absolute atomic E-state index is 13.1. The Morgan fingerprint density at radius 1 is 1.19 bits per heavy atom. The second-order valence-corrected chi connectivity index (χ2v) is 10.7. The molecule has 1 saturated heterocycles. The SMILES string of the molecule is C[C@H](Oc1cc(-n2ccnc2Cl)nc(-c2noc3c2CCC[C@@]32CCCCC2=O)n1)[C@@H]1CCCN1C. The predicted octanol–water partition coefficient (Wildman–Crippen LogP) is 4.55. The van der Waals surface area contributed by atoms with Crippen molar-refractivity contribution in [1.82, 2.24) is 29.6 Å². The van der Waals surface area contributed by atoms with E-state index in [1.807, 2.05) is 0 Å². The third-order valence-corrected chi connectivity index (χ3v) is 8.49. The fraction of sp³-hybridized carbons (Fsp3) is 0.577. The molecule has 3 aromatic heterocycles. The van der Waals surface area contributed by atoms with Gasteiger partial charge in [0, 0.05) is 36.5 Å². The number of halogens is 1. The highest BCUT2D eigenvalue weighted by Gasteiger charge is 2.48. The van der Waals surface area contributed by atoms with E-state index in [1.165, 1.54) is 0 Å². The second kappa shape index (κ2) is 9.27. The monoisotopic (exact) mass is 510 g/mol. The zero-order chi connectivity index (χ0) is 24.9. The zero-order valence-corrected chi connectivity index (χ0v) is 21.5. The number of nitrogens with zero attached hydrogens (tertiary/aromatic N) is 6. The first kappa shape index (κ1) is 23.6. The van der Waals surface area contributed by atoms with Gasteiger partial charge in [-0.15, -0.1) is 0 Å². The number of hydrogen-bond acceptors (Lipinski definition) is 8. The molecule has 0 unspecified atom stereocenters. The van der Waals surface area contributed by atoms with Crippen molar-refractivity contribution in [2.75, 3.05) is 13.6 Å². The van der Waals surface area contributed by atoms with E-state index < -0.39 is 5.41 Å². The molecule has 10 heteroatoms. The van der Waals surface area contributed by atoms with Crippen LogP contribution < -0.4 is 4.74 Å². The number of imidazole rings is 1. The smallest absolute Gasteiger partial charge is 0.219 e. The van der Waals surface area contributed by atoms with Crippen LogP contribution in [0.4, 0.5) is 0 Å². The van der Waals surface area contributed by atoms with Gasteiger partial charge in [0.1, 0.15) is 17.7 Å². The van der Waals surface area contributed by atoms with E-state index in [-0.39, 0.29) is 11.9 Å². The average molecular weight is 511 g/mol. The highest BCUT2D eigenvalue weighted by atomic mass is 35.5. The Morgan fingerprint density at radius 3 is 2.81 bits per heavy atom. The van der Waals surface area contributed by atoms with Crippen LogP contribution in [0.3, 0.4) is 0 Å². The van der Waals surface area contributed by atoms with Crippen LogP contribution in [-0.2, 0) is 16.6 Å². The molecule has 3 atom stereocenters. The van der Waals surface area contributed by atoms with Crippen LogP contribution in [0.25, 0.3) is 17.3 Å². The number of ether oxygens (including phenoxy) is 1. The molecule has 36 heavy (non-hydrogen) atoms. The average Bonchev–Trinajstić information content (AvgIpc) is 3.61. The van der Waals surface area contributed by atoms with Crippen molar-refractivity contribution >= 4 is 17.4 Å². The number of likely N-dealkylation sites (tertiary alicyclic amines) is 1. The number of hydrogen-bond donors (Lipinski definition) is 0. The minimum atomic E-state index is -0.552. The maximum atomic E-state index is 13.1. The third kappa shape index (κ3) is 3.93. The molecule has 9 nitrogen and oxygen atoms in total. The lowest BCUT2D eigenvalue weighted by Crippen LogP contribution is -2.41. The van der Waals surface area contributed by atoms with Crippen LogP contribution in [0.15, 0.2) is 23.0 Å². The van der Waals surface area contributed by atoms with Gasteiger partial charge < -0.3 is 9.26 Å². The number of likely N-dealkylation sites (N-methyl/N-ethyl adjacent to an activating group) is 1. The van der Waals surface area contributed by atoms with Crippen LogP contribution >= 0.6 is 11.6 Å². The van der Waals surface area contributed by atoms with E-state index in [0.29, 0.717) is 46.7 Å². The summed E-state index contributed by atoms with van der Waals surface area (Å²) in [6.45, 7) is 3.14. The van der Waals surface area contributed by atoms with E-state index in [2.05, 4.69) is 29.0 Å². The Labute approximate surface area is 215 Å². The zero-order valence-electron chi connectivity index (χ0n) is 20.7. The summed E-state index contributed by atoms with van der Waals surface area (Å²) in [4.78, 5) is 29.1. The summed E-state index contributed by atoms with van der Waals surface area (Å²) < 4.78 is 14.0. The van der Waals surface area contributed by atoms with E-state index in [0.717, 1.165) is 63.5 Å². The predicted molar refractivity (Wildman–Crippen MR) is 133 cm³/mol. The van der Waals surface area contributed by atoms with Crippen LogP contribution in [0.5, 0.6) is 5.88 Å². The minimum absolute atomic E-state index is 0.0549. The number of fused-ring (bicyclic) bond motifs is 2. The van der Waals surface area contributed by atoms with Crippen molar-refractivity contribution in [2.24, 2.45) is 0 Å². The molecule has 0 bridgehead atoms. The highest BCUT2D eigenvalue weighted by Crippen LogP contribution is 2.47. The van der Waals surface area contributed by atoms with Gasteiger partial charge in [-0.05, 0) is 77.1 Å². The number of aromatic nitrogens is 5. The maximum Gasteiger partial charge on any atom is 0.219 e. The van der Waals surface area contributed by atoms with E-state index >= 15 is 0 Å². The Bertz CT molecular complexity index is 1290. The number of carbonyl (C=O) groups excluding carboxylic acids is 1. The van der Waals surface area contributed by atoms with E-state index in [9.17, 15) is 4.79 Å². The molecule has 2 fully saturated rings. The Morgan fingerprint density at radius 2 is 2.06 bits per heavy atom. The van der Waals surface area contributed by atoms with Gasteiger partial charge in [-0.1, -0.05) is 11.6 Å². The van der Waals surface area contributed by atoms with E-state index in [4.69, 9.17) is 30.8 Å². The summed E-state index contributed by atoms with van der Waals surface area (Å²) in [5.41, 5.74) is 0.972. The van der Waals surface area contributed by atoms with Crippen LogP contribution in [-0.4, -0.2) is 61.1 Å².